The van der Waals surface area contributed by atoms with E-state index in [1.165, 1.54) is 12.5 Å². The Morgan fingerprint density at radius 1 is 1.33 bits per heavy atom. The van der Waals surface area contributed by atoms with Gasteiger partial charge in [-0.15, -0.1) is 0 Å². The number of rotatable bonds is 3. The van der Waals surface area contributed by atoms with Crippen LogP contribution in [0.25, 0.3) is 0 Å². The minimum Gasteiger partial charge on any atom is -0.489 e. The molecular weight excluding hydrogens is 270 g/mol. The lowest BCUT2D eigenvalue weighted by molar-refractivity contribution is -0.385. The van der Waals surface area contributed by atoms with Crippen molar-refractivity contribution in [1.82, 2.24) is 0 Å². The van der Waals surface area contributed by atoms with E-state index in [9.17, 15) is 15.2 Å². The molecule has 2 unspecified atom stereocenters. The van der Waals surface area contributed by atoms with Gasteiger partial charge in [0, 0.05) is 17.9 Å². The first kappa shape index (κ1) is 14.3. The van der Waals surface area contributed by atoms with Crippen LogP contribution in [0.5, 0.6) is 5.75 Å². The number of nitro benzene ring substituents is 1. The smallest absolute Gasteiger partial charge is 0.276 e. The summed E-state index contributed by atoms with van der Waals surface area (Å²) < 4.78 is 6.07. The van der Waals surface area contributed by atoms with Crippen molar-refractivity contribution in [2.45, 2.75) is 57.7 Å². The maximum atomic E-state index is 11.0. The van der Waals surface area contributed by atoms with E-state index < -0.39 is 0 Å². The Morgan fingerprint density at radius 2 is 2.05 bits per heavy atom. The Morgan fingerprint density at radius 3 is 2.67 bits per heavy atom. The Labute approximate surface area is 124 Å². The maximum absolute atomic E-state index is 11.0. The zero-order valence-electron chi connectivity index (χ0n) is 12.2. The molecule has 21 heavy (non-hydrogen) atoms. The zero-order valence-corrected chi connectivity index (χ0v) is 12.2. The van der Waals surface area contributed by atoms with Crippen LogP contribution in [0.15, 0.2) is 18.2 Å². The average Bonchev–Trinajstić information content (AvgIpc) is 2.49. The molecule has 0 radical (unpaired) electrons. The highest BCUT2D eigenvalue weighted by molar-refractivity contribution is 5.48. The fourth-order valence-corrected chi connectivity index (χ4v) is 3.84. The largest absolute Gasteiger partial charge is 0.489 e. The van der Waals surface area contributed by atoms with Gasteiger partial charge in [0.25, 0.3) is 5.69 Å². The summed E-state index contributed by atoms with van der Waals surface area (Å²) in [6, 6.07) is 4.93. The van der Waals surface area contributed by atoms with E-state index in [1.54, 1.807) is 19.1 Å². The first-order valence-electron chi connectivity index (χ1n) is 7.63. The Bertz CT molecular complexity index is 551. The molecule has 2 fully saturated rings. The number of aliphatic hydroxyl groups excluding tert-OH is 1. The summed E-state index contributed by atoms with van der Waals surface area (Å²) in [5.41, 5.74) is 0.523. The van der Waals surface area contributed by atoms with Gasteiger partial charge in [-0.25, -0.2) is 0 Å². The zero-order chi connectivity index (χ0) is 15.0. The lowest BCUT2D eigenvalue weighted by Gasteiger charge is -2.55. The molecule has 0 heterocycles. The molecule has 3 rings (SSSR count). The molecule has 5 heteroatoms. The second-order valence-corrected chi connectivity index (χ2v) is 6.31. The lowest BCUT2D eigenvalue weighted by atomic mass is 9.56. The first-order valence-corrected chi connectivity index (χ1v) is 7.63. The predicted molar refractivity (Wildman–Crippen MR) is 78.4 cm³/mol. The van der Waals surface area contributed by atoms with Crippen LogP contribution in [0.1, 0.15) is 44.1 Å². The van der Waals surface area contributed by atoms with Crippen LogP contribution in [0, 0.1) is 22.5 Å². The first-order chi connectivity index (χ1) is 10.0. The third-order valence-electron chi connectivity index (χ3n) is 5.25. The molecule has 2 aliphatic carbocycles. The normalized spacial score (nSPS) is 27.1. The fraction of sp³-hybridized carbons (Fsp3) is 0.625. The lowest BCUT2D eigenvalue weighted by Crippen LogP contribution is -2.60. The van der Waals surface area contributed by atoms with Crippen LogP contribution in [-0.4, -0.2) is 22.2 Å². The molecule has 1 aromatic rings. The molecule has 1 N–H and O–H groups in total. The summed E-state index contributed by atoms with van der Waals surface area (Å²) in [5, 5.41) is 21.2. The van der Waals surface area contributed by atoms with Crippen LogP contribution in [0.3, 0.4) is 0 Å². The second kappa shape index (κ2) is 5.30. The Balaban J connectivity index is 1.81. The number of benzene rings is 1. The van der Waals surface area contributed by atoms with Crippen LogP contribution in [-0.2, 0) is 0 Å². The molecule has 2 atom stereocenters. The minimum absolute atomic E-state index is 0.0199. The van der Waals surface area contributed by atoms with E-state index in [2.05, 4.69) is 0 Å². The van der Waals surface area contributed by atoms with E-state index >= 15 is 0 Å². The van der Waals surface area contributed by atoms with Crippen molar-refractivity contribution in [3.05, 3.63) is 33.9 Å². The van der Waals surface area contributed by atoms with Gasteiger partial charge in [0.2, 0.25) is 0 Å². The second-order valence-electron chi connectivity index (χ2n) is 6.31. The number of nitro groups is 1. The molecule has 0 bridgehead atoms. The van der Waals surface area contributed by atoms with Crippen molar-refractivity contribution in [2.75, 3.05) is 0 Å². The van der Waals surface area contributed by atoms with Gasteiger partial charge in [0.1, 0.15) is 11.9 Å². The Hall–Kier alpha value is -1.62. The molecule has 0 amide bonds. The van der Waals surface area contributed by atoms with Crippen molar-refractivity contribution < 1.29 is 14.8 Å². The molecule has 0 aliphatic heterocycles. The molecule has 2 saturated carbocycles. The summed E-state index contributed by atoms with van der Waals surface area (Å²) in [5.74, 6) is 0.575. The van der Waals surface area contributed by atoms with Crippen molar-refractivity contribution in [3.63, 3.8) is 0 Å². The highest BCUT2D eigenvalue weighted by Crippen LogP contribution is 2.53. The van der Waals surface area contributed by atoms with E-state index in [-0.39, 0.29) is 28.2 Å². The fourth-order valence-electron chi connectivity index (χ4n) is 3.84. The van der Waals surface area contributed by atoms with Gasteiger partial charge < -0.3 is 9.84 Å². The van der Waals surface area contributed by atoms with Crippen molar-refractivity contribution in [3.8, 4) is 5.75 Å². The standard InChI is InChI=1S/C16H21NO4/c1-11-12(17(19)20)6-5-7-13(11)21-15-10-14(18)16(15)8-3-2-4-9-16/h5-7,14-15,18H,2-4,8-10H2,1H3. The van der Waals surface area contributed by atoms with Gasteiger partial charge >= 0.3 is 0 Å². The van der Waals surface area contributed by atoms with E-state index in [1.807, 2.05) is 0 Å². The Kier molecular flexibility index (Phi) is 3.61. The number of nitrogens with zero attached hydrogens (tertiary/aromatic N) is 1. The van der Waals surface area contributed by atoms with Gasteiger partial charge in [-0.3, -0.25) is 10.1 Å². The van der Waals surface area contributed by atoms with Gasteiger partial charge in [-0.1, -0.05) is 25.3 Å². The molecule has 2 aliphatic rings. The molecule has 1 aromatic carbocycles. The van der Waals surface area contributed by atoms with Crippen molar-refractivity contribution in [2.24, 2.45) is 5.41 Å². The summed E-state index contributed by atoms with van der Waals surface area (Å²) in [6.45, 7) is 1.72. The van der Waals surface area contributed by atoms with E-state index in [0.29, 0.717) is 17.7 Å². The van der Waals surface area contributed by atoms with E-state index in [0.717, 1.165) is 25.7 Å². The summed E-state index contributed by atoms with van der Waals surface area (Å²) in [6.07, 6.45) is 5.78. The minimum atomic E-state index is -0.381. The van der Waals surface area contributed by atoms with Crippen molar-refractivity contribution in [1.29, 1.82) is 0 Å². The maximum Gasteiger partial charge on any atom is 0.276 e. The van der Waals surface area contributed by atoms with Crippen molar-refractivity contribution >= 4 is 5.69 Å². The predicted octanol–water partition coefficient (Wildman–Crippen LogP) is 3.37. The van der Waals surface area contributed by atoms with Crippen LogP contribution in [0.4, 0.5) is 5.69 Å². The van der Waals surface area contributed by atoms with Gasteiger partial charge in [-0.05, 0) is 25.8 Å². The van der Waals surface area contributed by atoms with E-state index in [4.69, 9.17) is 4.74 Å². The van der Waals surface area contributed by atoms with Gasteiger partial charge in [-0.2, -0.15) is 0 Å². The molecular formula is C16H21NO4. The monoisotopic (exact) mass is 291 g/mol. The number of ether oxygens (including phenoxy) is 1. The van der Waals surface area contributed by atoms with Crippen LogP contribution < -0.4 is 4.74 Å². The number of hydrogen-bond acceptors (Lipinski definition) is 4. The van der Waals surface area contributed by atoms with Crippen LogP contribution >= 0.6 is 0 Å². The van der Waals surface area contributed by atoms with Gasteiger partial charge in [0.15, 0.2) is 0 Å². The SMILES string of the molecule is Cc1c(OC2CC(O)C23CCCCC3)cccc1[N+](=O)[O-]. The number of aliphatic hydroxyl groups is 1. The molecule has 114 valence electrons. The number of hydrogen-bond donors (Lipinski definition) is 1. The topological polar surface area (TPSA) is 72.6 Å². The third kappa shape index (κ3) is 2.29. The highest BCUT2D eigenvalue weighted by Gasteiger charge is 2.56. The molecule has 5 nitrogen and oxygen atoms in total. The third-order valence-corrected chi connectivity index (χ3v) is 5.25. The van der Waals surface area contributed by atoms with Gasteiger partial charge in [0.05, 0.1) is 16.6 Å². The highest BCUT2D eigenvalue weighted by atomic mass is 16.6. The summed E-state index contributed by atoms with van der Waals surface area (Å²) in [4.78, 5) is 10.6. The summed E-state index contributed by atoms with van der Waals surface area (Å²) >= 11 is 0. The quantitative estimate of drug-likeness (QED) is 0.684. The summed E-state index contributed by atoms with van der Waals surface area (Å²) in [7, 11) is 0. The average molecular weight is 291 g/mol. The van der Waals surface area contributed by atoms with Crippen LogP contribution in [0.2, 0.25) is 0 Å². The molecule has 0 aromatic heterocycles. The molecule has 0 saturated heterocycles. The molecule has 1 spiro atoms.